The van der Waals surface area contributed by atoms with Crippen LogP contribution in [-0.4, -0.2) is 70.9 Å². The summed E-state index contributed by atoms with van der Waals surface area (Å²) < 4.78 is 12.8. The number of hydrogen-bond donors (Lipinski definition) is 2. The summed E-state index contributed by atoms with van der Waals surface area (Å²) in [5.74, 6) is 2.05. The Hall–Kier alpha value is -3.37. The van der Waals surface area contributed by atoms with Gasteiger partial charge in [0.2, 0.25) is 0 Å². The second-order valence-corrected chi connectivity index (χ2v) is 11.3. The zero-order valence-corrected chi connectivity index (χ0v) is 23.4. The zero-order valence-electron chi connectivity index (χ0n) is 21.8. The van der Waals surface area contributed by atoms with Crippen molar-refractivity contribution >= 4 is 44.9 Å². The topological polar surface area (TPSA) is 87.2 Å². The van der Waals surface area contributed by atoms with Crippen molar-refractivity contribution in [3.8, 4) is 17.2 Å². The molecule has 1 saturated heterocycles. The molecule has 204 valence electrons. The first-order valence-corrected chi connectivity index (χ1v) is 14.0. The van der Waals surface area contributed by atoms with Crippen LogP contribution in [0.5, 0.6) is 17.2 Å². The minimum absolute atomic E-state index is 0.101. The monoisotopic (exact) mass is 566 g/mol. The highest BCUT2D eigenvalue weighted by Crippen LogP contribution is 2.26. The lowest BCUT2D eigenvalue weighted by atomic mass is 10.1. The van der Waals surface area contributed by atoms with Crippen molar-refractivity contribution in [1.29, 1.82) is 0 Å². The zero-order chi connectivity index (χ0) is 27.4. The molecule has 1 fully saturated rings. The molecule has 0 bridgehead atoms. The molecule has 10 heteroatoms. The Kier molecular flexibility index (Phi) is 8.52. The largest absolute Gasteiger partial charge is 0.491 e. The number of ether oxygens (including phenoxy) is 2. The van der Waals surface area contributed by atoms with Gasteiger partial charge in [-0.3, -0.25) is 4.90 Å². The molecule has 39 heavy (non-hydrogen) atoms. The number of piperazine rings is 1. The number of anilines is 1. The van der Waals surface area contributed by atoms with E-state index in [2.05, 4.69) is 22.1 Å². The van der Waals surface area contributed by atoms with Gasteiger partial charge in [-0.1, -0.05) is 11.6 Å². The number of carbonyl (C=O) groups is 1. The van der Waals surface area contributed by atoms with Gasteiger partial charge in [0.05, 0.1) is 15.2 Å². The van der Waals surface area contributed by atoms with Gasteiger partial charge in [0.15, 0.2) is 0 Å². The Morgan fingerprint density at radius 2 is 1.79 bits per heavy atom. The summed E-state index contributed by atoms with van der Waals surface area (Å²) in [6, 6.07) is 20.2. The average molecular weight is 567 g/mol. The molecule has 2 N–H and O–H groups in total. The van der Waals surface area contributed by atoms with Gasteiger partial charge < -0.3 is 24.8 Å². The van der Waals surface area contributed by atoms with Crippen molar-refractivity contribution in [3.63, 3.8) is 0 Å². The number of nitrogens with zero attached hydrogens (tertiary/aromatic N) is 3. The van der Waals surface area contributed by atoms with E-state index in [0.29, 0.717) is 54.1 Å². The fraction of sp³-hybridized carbons (Fsp3) is 0.310. The fourth-order valence-electron chi connectivity index (χ4n) is 4.53. The third kappa shape index (κ3) is 7.19. The second-order valence-electron chi connectivity index (χ2n) is 9.63. The van der Waals surface area contributed by atoms with Crippen LogP contribution in [0.4, 0.5) is 10.5 Å². The Bertz CT molecular complexity index is 1410. The van der Waals surface area contributed by atoms with Gasteiger partial charge in [0.25, 0.3) is 0 Å². The predicted molar refractivity (Wildman–Crippen MR) is 155 cm³/mol. The minimum Gasteiger partial charge on any atom is -0.491 e. The molecular formula is C29H31ClN4O4S. The summed E-state index contributed by atoms with van der Waals surface area (Å²) >= 11 is 7.56. The van der Waals surface area contributed by atoms with Gasteiger partial charge in [0.1, 0.15) is 30.0 Å². The number of amides is 2. The summed E-state index contributed by atoms with van der Waals surface area (Å²) in [4.78, 5) is 21.4. The number of fused-ring (bicyclic) bond motifs is 1. The van der Waals surface area contributed by atoms with Crippen molar-refractivity contribution < 1.29 is 19.4 Å². The maximum atomic E-state index is 12.9. The minimum atomic E-state index is -0.644. The number of aliphatic hydroxyl groups is 1. The highest BCUT2D eigenvalue weighted by Gasteiger charge is 2.28. The predicted octanol–water partition coefficient (Wildman–Crippen LogP) is 6.03. The molecule has 2 amide bonds. The molecule has 0 spiro atoms. The lowest BCUT2D eigenvalue weighted by molar-refractivity contribution is 0.0307. The molecule has 0 saturated carbocycles. The molecule has 8 nitrogen and oxygen atoms in total. The number of aliphatic hydroxyl groups excluding tert-OH is 1. The summed E-state index contributed by atoms with van der Waals surface area (Å²) in [6.07, 6.45) is -0.644. The van der Waals surface area contributed by atoms with Crippen LogP contribution in [-0.2, 0) is 0 Å². The van der Waals surface area contributed by atoms with E-state index < -0.39 is 6.10 Å². The van der Waals surface area contributed by atoms with E-state index in [1.807, 2.05) is 49.4 Å². The number of carbonyl (C=O) groups excluding carboxylic acids is 1. The normalized spacial score (nSPS) is 16.7. The van der Waals surface area contributed by atoms with Gasteiger partial charge in [-0.25, -0.2) is 9.78 Å². The number of urea groups is 1. The van der Waals surface area contributed by atoms with Crippen LogP contribution >= 0.6 is 22.9 Å². The smallest absolute Gasteiger partial charge is 0.321 e. The standard InChI is InChI=1S/C29H31ClN4O4S/c1-19-16-34(29(36)32-22-5-9-25(10-6-22)38-24-7-3-21(30)4-8-24)14-13-33(19)17-23(35)18-37-26-11-12-28-27(15-26)31-20(2)39-28/h3-12,15,19,23,35H,13-14,16-18H2,1-2H3,(H,32,36)/t19-,23+/m0/s1. The molecular weight excluding hydrogens is 536 g/mol. The molecule has 2 atom stereocenters. The highest BCUT2D eigenvalue weighted by atomic mass is 35.5. The van der Waals surface area contributed by atoms with Crippen LogP contribution in [0.25, 0.3) is 10.2 Å². The van der Waals surface area contributed by atoms with E-state index in [1.165, 1.54) is 0 Å². The molecule has 3 aromatic carbocycles. The van der Waals surface area contributed by atoms with Gasteiger partial charge in [-0.05, 0) is 74.5 Å². The second kappa shape index (κ2) is 12.2. The number of hydrogen-bond acceptors (Lipinski definition) is 7. The molecule has 0 aliphatic carbocycles. The first-order chi connectivity index (χ1) is 18.8. The van der Waals surface area contributed by atoms with Gasteiger partial charge >= 0.3 is 6.03 Å². The number of nitrogens with one attached hydrogen (secondary N) is 1. The average Bonchev–Trinajstić information content (AvgIpc) is 3.30. The van der Waals surface area contributed by atoms with Crippen LogP contribution in [0.1, 0.15) is 11.9 Å². The quantitative estimate of drug-likeness (QED) is 0.271. The van der Waals surface area contributed by atoms with Crippen LogP contribution < -0.4 is 14.8 Å². The van der Waals surface area contributed by atoms with E-state index in [9.17, 15) is 9.90 Å². The summed E-state index contributed by atoms with van der Waals surface area (Å²) in [5, 5.41) is 15.2. The van der Waals surface area contributed by atoms with Crippen molar-refractivity contribution in [3.05, 3.63) is 76.8 Å². The number of benzene rings is 3. The van der Waals surface area contributed by atoms with Crippen molar-refractivity contribution in [2.45, 2.75) is 26.0 Å². The number of aromatic nitrogens is 1. The fourth-order valence-corrected chi connectivity index (χ4v) is 5.46. The van der Waals surface area contributed by atoms with E-state index in [-0.39, 0.29) is 18.7 Å². The Morgan fingerprint density at radius 1 is 1.10 bits per heavy atom. The third-order valence-corrected chi connectivity index (χ3v) is 7.76. The number of thiazole rings is 1. The van der Waals surface area contributed by atoms with Crippen LogP contribution in [0, 0.1) is 6.92 Å². The lowest BCUT2D eigenvalue weighted by Crippen LogP contribution is -2.56. The summed E-state index contributed by atoms with van der Waals surface area (Å²) in [6.45, 7) is 6.52. The van der Waals surface area contributed by atoms with E-state index >= 15 is 0 Å². The molecule has 1 aliphatic heterocycles. The maximum Gasteiger partial charge on any atom is 0.321 e. The number of rotatable bonds is 8. The van der Waals surface area contributed by atoms with Crippen LogP contribution in [0.3, 0.4) is 0 Å². The molecule has 5 rings (SSSR count). The molecule has 0 unspecified atom stereocenters. The van der Waals surface area contributed by atoms with Crippen molar-refractivity contribution in [2.24, 2.45) is 0 Å². The SMILES string of the molecule is Cc1nc2cc(OC[C@H](O)CN3CCN(C(=O)Nc4ccc(Oc5ccc(Cl)cc5)cc4)C[C@@H]3C)ccc2s1. The van der Waals surface area contributed by atoms with E-state index in [4.69, 9.17) is 21.1 Å². The molecule has 4 aromatic rings. The van der Waals surface area contributed by atoms with Crippen molar-refractivity contribution in [2.75, 3.05) is 38.1 Å². The highest BCUT2D eigenvalue weighted by molar-refractivity contribution is 7.18. The molecule has 0 radical (unpaired) electrons. The maximum absolute atomic E-state index is 12.9. The lowest BCUT2D eigenvalue weighted by Gasteiger charge is -2.40. The Morgan fingerprint density at radius 3 is 2.51 bits per heavy atom. The first-order valence-electron chi connectivity index (χ1n) is 12.8. The number of halogens is 1. The van der Waals surface area contributed by atoms with Crippen LogP contribution in [0.2, 0.25) is 5.02 Å². The van der Waals surface area contributed by atoms with Gasteiger partial charge in [-0.2, -0.15) is 0 Å². The molecule has 1 aliphatic rings. The van der Waals surface area contributed by atoms with Gasteiger partial charge in [0, 0.05) is 49.0 Å². The molecule has 1 aromatic heterocycles. The van der Waals surface area contributed by atoms with Gasteiger partial charge in [-0.15, -0.1) is 11.3 Å². The van der Waals surface area contributed by atoms with E-state index in [1.54, 1.807) is 40.5 Å². The summed E-state index contributed by atoms with van der Waals surface area (Å²) in [5.41, 5.74) is 1.60. The van der Waals surface area contributed by atoms with Crippen molar-refractivity contribution in [1.82, 2.24) is 14.8 Å². The Balaban J connectivity index is 1.06. The van der Waals surface area contributed by atoms with Crippen LogP contribution in [0.15, 0.2) is 66.7 Å². The number of β-amino-alcohol motifs (C(OH)–C–C–N with tert-alkyl or cyclic N) is 1. The number of aryl methyl sites for hydroxylation is 1. The molecule has 2 heterocycles. The Labute approximate surface area is 236 Å². The third-order valence-electron chi connectivity index (χ3n) is 6.56. The van der Waals surface area contributed by atoms with E-state index in [0.717, 1.165) is 15.2 Å². The summed E-state index contributed by atoms with van der Waals surface area (Å²) in [7, 11) is 0. The first kappa shape index (κ1) is 27.2.